The van der Waals surface area contributed by atoms with Gasteiger partial charge in [-0.2, -0.15) is 4.31 Å². The van der Waals surface area contributed by atoms with Gasteiger partial charge in [-0.3, -0.25) is 0 Å². The van der Waals surface area contributed by atoms with Gasteiger partial charge in [0.25, 0.3) is 0 Å². The van der Waals surface area contributed by atoms with Crippen molar-refractivity contribution in [2.24, 2.45) is 0 Å². The average Bonchev–Trinajstić information content (AvgIpc) is 2.50. The van der Waals surface area contributed by atoms with Crippen molar-refractivity contribution in [3.8, 4) is 0 Å². The van der Waals surface area contributed by atoms with Crippen molar-refractivity contribution < 1.29 is 21.0 Å². The van der Waals surface area contributed by atoms with Crippen LogP contribution in [0.25, 0.3) is 0 Å². The minimum atomic E-state index is -3.81. The van der Waals surface area contributed by atoms with Gasteiger partial charge in [0.1, 0.15) is 10.7 Å². The summed E-state index contributed by atoms with van der Waals surface area (Å²) in [5.41, 5.74) is 0.762. The van der Waals surface area contributed by atoms with E-state index in [4.69, 9.17) is 8.23 Å². The normalized spacial score (nSPS) is 13.9. The van der Waals surface area contributed by atoms with E-state index in [-0.39, 0.29) is 4.90 Å². The van der Waals surface area contributed by atoms with Gasteiger partial charge in [0, 0.05) is 13.1 Å². The Morgan fingerprint density at radius 1 is 0.931 bits per heavy atom. The summed E-state index contributed by atoms with van der Waals surface area (Å²) in [5.74, 6) is -0.699. The lowest BCUT2D eigenvalue weighted by Crippen LogP contribution is -2.52. The second kappa shape index (κ2) is 9.84. The van der Waals surface area contributed by atoms with Gasteiger partial charge in [0.05, 0.1) is 0 Å². The van der Waals surface area contributed by atoms with Crippen LogP contribution in [0.2, 0.25) is 51.9 Å². The summed E-state index contributed by atoms with van der Waals surface area (Å²) >= 11 is 0. The molecule has 0 aliphatic carbocycles. The lowest BCUT2D eigenvalue weighted by atomic mass is 10.2. The van der Waals surface area contributed by atoms with Gasteiger partial charge in [-0.25, -0.2) is 12.8 Å². The lowest BCUT2D eigenvalue weighted by molar-refractivity contribution is 0.383. The van der Waals surface area contributed by atoms with Crippen LogP contribution >= 0.6 is 0 Å². The monoisotopic (exact) mass is 479 g/mol. The first-order chi connectivity index (χ1) is 13.0. The third kappa shape index (κ3) is 8.35. The molecule has 0 saturated carbocycles. The van der Waals surface area contributed by atoms with Crippen molar-refractivity contribution in [2.75, 3.05) is 13.1 Å². The molecule has 168 valence electrons. The molecule has 0 aliphatic heterocycles. The van der Waals surface area contributed by atoms with Crippen LogP contribution in [0.3, 0.4) is 0 Å². The molecule has 0 saturated heterocycles. The molecule has 10 heteroatoms. The van der Waals surface area contributed by atoms with E-state index in [1.807, 2.05) is 0 Å². The quantitative estimate of drug-likeness (QED) is 0.411. The van der Waals surface area contributed by atoms with Crippen LogP contribution < -0.4 is 0 Å². The topological polar surface area (TPSA) is 55.8 Å². The van der Waals surface area contributed by atoms with Gasteiger partial charge in [0.15, 0.2) is 16.6 Å². The minimum absolute atomic E-state index is 0.262. The first-order valence-electron chi connectivity index (χ1n) is 10.2. The molecule has 0 spiro atoms. The third-order valence-corrected chi connectivity index (χ3v) is 15.8. The molecule has 0 unspecified atom stereocenters. The Morgan fingerprint density at radius 3 is 1.79 bits per heavy atom. The zero-order chi connectivity index (χ0) is 22.7. The smallest absolute Gasteiger partial charge is 0.314 e. The summed E-state index contributed by atoms with van der Waals surface area (Å²) in [6, 6.07) is 5.14. The fraction of sp³-hybridized carbons (Fsp3) is 0.684. The number of halogens is 1. The molecule has 0 radical (unpaired) electrons. The lowest BCUT2D eigenvalue weighted by Gasteiger charge is -2.38. The number of sulfonamides is 1. The molecule has 1 rings (SSSR count). The predicted molar refractivity (Wildman–Crippen MR) is 125 cm³/mol. The third-order valence-electron chi connectivity index (χ3n) is 4.23. The summed E-state index contributed by atoms with van der Waals surface area (Å²) in [7, 11) is -9.83. The van der Waals surface area contributed by atoms with E-state index in [2.05, 4.69) is 45.8 Å². The number of aryl methyl sites for hydroxylation is 1. The molecule has 1 aromatic carbocycles. The molecule has 0 atom stereocenters. The van der Waals surface area contributed by atoms with Crippen molar-refractivity contribution in [2.45, 2.75) is 77.0 Å². The van der Waals surface area contributed by atoms with Gasteiger partial charge in [-0.15, -0.1) is 0 Å². The van der Waals surface area contributed by atoms with Gasteiger partial charge in [-0.1, -0.05) is 19.9 Å². The molecule has 0 N–H and O–H groups in total. The second-order valence-corrected chi connectivity index (χ2v) is 24.2. The SMILES string of the molecule is CCN(CC)S(=O)(=O)c1ccc(CC[Si](C)(O[Si](C)(C)C)O[Si](C)(C)C)cc1F. The fourth-order valence-corrected chi connectivity index (χ4v) is 17.4. The Kier molecular flexibility index (Phi) is 9.05. The number of rotatable bonds is 11. The van der Waals surface area contributed by atoms with E-state index < -0.39 is 41.0 Å². The largest absolute Gasteiger partial charge is 0.437 e. The fourth-order valence-electron chi connectivity index (χ4n) is 3.40. The summed E-state index contributed by atoms with van der Waals surface area (Å²) in [4.78, 5) is -0.262. The van der Waals surface area contributed by atoms with Crippen LogP contribution in [0, 0.1) is 5.82 Å². The Morgan fingerprint density at radius 2 is 1.41 bits per heavy atom. The van der Waals surface area contributed by atoms with Gasteiger partial charge >= 0.3 is 8.56 Å². The highest BCUT2D eigenvalue weighted by Crippen LogP contribution is 2.27. The maximum Gasteiger partial charge on any atom is 0.314 e. The highest BCUT2D eigenvalue weighted by atomic mass is 32.2. The van der Waals surface area contributed by atoms with Crippen molar-refractivity contribution in [1.82, 2.24) is 4.31 Å². The minimum Gasteiger partial charge on any atom is -0.437 e. The Bertz CT molecular complexity index is 772. The van der Waals surface area contributed by atoms with Crippen molar-refractivity contribution in [1.29, 1.82) is 0 Å². The molecular weight excluding hydrogens is 442 g/mol. The zero-order valence-corrected chi connectivity index (χ0v) is 23.2. The molecule has 0 heterocycles. The van der Waals surface area contributed by atoms with Crippen LogP contribution in [0.1, 0.15) is 19.4 Å². The molecule has 0 fully saturated rings. The first-order valence-corrected chi connectivity index (χ1v) is 21.0. The van der Waals surface area contributed by atoms with Crippen LogP contribution in [-0.4, -0.2) is 51.0 Å². The Labute approximate surface area is 180 Å². The summed E-state index contributed by atoms with van der Waals surface area (Å²) < 4.78 is 54.2. The van der Waals surface area contributed by atoms with Crippen molar-refractivity contribution >= 4 is 35.2 Å². The van der Waals surface area contributed by atoms with E-state index >= 15 is 0 Å². The van der Waals surface area contributed by atoms with Crippen LogP contribution in [0.5, 0.6) is 0 Å². The summed E-state index contributed by atoms with van der Waals surface area (Å²) in [6.45, 7) is 19.1. The number of nitrogens with zero attached hydrogens (tertiary/aromatic N) is 1. The molecule has 0 amide bonds. The molecule has 5 nitrogen and oxygen atoms in total. The van der Waals surface area contributed by atoms with E-state index in [9.17, 15) is 12.8 Å². The number of hydrogen-bond acceptors (Lipinski definition) is 4. The second-order valence-electron chi connectivity index (χ2n) is 9.42. The highest BCUT2D eigenvalue weighted by Gasteiger charge is 2.40. The van der Waals surface area contributed by atoms with E-state index in [1.165, 1.54) is 16.4 Å². The number of benzene rings is 1. The standard InChI is InChI=1S/C19H38FNO4SSi3/c1-10-21(11-2)26(22,23)19-13-12-17(16-18(19)20)14-15-29(9,24-27(3,4)5)25-28(6,7)8/h12-13,16H,10-11,14-15H2,1-9H3. The molecule has 1 aromatic rings. The predicted octanol–water partition coefficient (Wildman–Crippen LogP) is 5.17. The Balaban J connectivity index is 3.07. The van der Waals surface area contributed by atoms with Crippen LogP contribution in [0.4, 0.5) is 4.39 Å². The van der Waals surface area contributed by atoms with Crippen molar-refractivity contribution in [3.63, 3.8) is 0 Å². The highest BCUT2D eigenvalue weighted by molar-refractivity contribution is 7.89. The molecule has 29 heavy (non-hydrogen) atoms. The van der Waals surface area contributed by atoms with Crippen LogP contribution in [0.15, 0.2) is 23.1 Å². The average molecular weight is 480 g/mol. The maximum atomic E-state index is 14.7. The van der Waals surface area contributed by atoms with E-state index in [0.717, 1.165) is 5.56 Å². The Hall–Kier alpha value is -0.369. The first kappa shape index (κ1) is 26.7. The summed E-state index contributed by atoms with van der Waals surface area (Å²) in [6.07, 6.45) is 0.597. The number of hydrogen-bond donors (Lipinski definition) is 0. The van der Waals surface area contributed by atoms with E-state index in [0.29, 0.717) is 25.6 Å². The zero-order valence-electron chi connectivity index (χ0n) is 19.4. The molecule has 0 aromatic heterocycles. The summed E-state index contributed by atoms with van der Waals surface area (Å²) in [5, 5.41) is 0. The molecule has 0 aliphatic rings. The van der Waals surface area contributed by atoms with Gasteiger partial charge in [-0.05, 0) is 76.0 Å². The van der Waals surface area contributed by atoms with Gasteiger partial charge in [0.2, 0.25) is 10.0 Å². The van der Waals surface area contributed by atoms with E-state index in [1.54, 1.807) is 19.9 Å². The molecular formula is C19H38FNO4SSi3. The van der Waals surface area contributed by atoms with Gasteiger partial charge < -0.3 is 8.23 Å². The maximum absolute atomic E-state index is 14.7. The van der Waals surface area contributed by atoms with Crippen molar-refractivity contribution in [3.05, 3.63) is 29.6 Å². The molecule has 0 bridgehead atoms. The van der Waals surface area contributed by atoms with Crippen LogP contribution in [-0.2, 0) is 24.7 Å².